The molecule has 1 aliphatic carbocycles. The van der Waals surface area contributed by atoms with E-state index < -0.39 is 0 Å². The normalized spacial score (nSPS) is 25.4. The van der Waals surface area contributed by atoms with E-state index in [9.17, 15) is 0 Å². The lowest BCUT2D eigenvalue weighted by Gasteiger charge is -2.33. The second kappa shape index (κ2) is 5.85. The average molecular weight is 276 g/mol. The predicted octanol–water partition coefficient (Wildman–Crippen LogP) is 2.69. The third-order valence-electron chi connectivity index (χ3n) is 4.62. The summed E-state index contributed by atoms with van der Waals surface area (Å²) in [6, 6.07) is 0.641. The van der Waals surface area contributed by atoms with Crippen molar-refractivity contribution in [2.24, 2.45) is 5.92 Å². The number of fused-ring (bicyclic) bond motifs is 1. The summed E-state index contributed by atoms with van der Waals surface area (Å²) in [6.45, 7) is 3.99. The van der Waals surface area contributed by atoms with E-state index >= 15 is 0 Å². The molecule has 5 heteroatoms. The summed E-state index contributed by atoms with van der Waals surface area (Å²) in [5.74, 6) is 3.40. The van der Waals surface area contributed by atoms with Gasteiger partial charge in [-0.1, -0.05) is 12.8 Å². The van der Waals surface area contributed by atoms with E-state index in [4.69, 9.17) is 4.74 Å². The minimum atomic E-state index is 0.641. The van der Waals surface area contributed by atoms with Crippen molar-refractivity contribution >= 4 is 11.6 Å². The highest BCUT2D eigenvalue weighted by Gasteiger charge is 2.37. The molecule has 2 heterocycles. The zero-order valence-electron chi connectivity index (χ0n) is 12.4. The Kier molecular flexibility index (Phi) is 3.94. The molecule has 1 N–H and O–H groups in total. The molecule has 2 fully saturated rings. The fraction of sp³-hybridized carbons (Fsp3) is 0.733. The lowest BCUT2D eigenvalue weighted by molar-refractivity contribution is 0.339. The molecule has 0 aromatic carbocycles. The highest BCUT2D eigenvalue weighted by Crippen LogP contribution is 2.42. The number of hydrogen-bond donors (Lipinski definition) is 1. The molecule has 2 aliphatic rings. The molecule has 0 radical (unpaired) electrons. The Labute approximate surface area is 120 Å². The number of hydrogen-bond acceptors (Lipinski definition) is 5. The van der Waals surface area contributed by atoms with Crippen LogP contribution in [-0.4, -0.2) is 36.2 Å². The maximum absolute atomic E-state index is 5.59. The number of nitrogens with one attached hydrogen (secondary N) is 1. The highest BCUT2D eigenvalue weighted by molar-refractivity contribution is 5.65. The molecule has 2 unspecified atom stereocenters. The smallest absolute Gasteiger partial charge is 0.204 e. The van der Waals surface area contributed by atoms with E-state index in [0.717, 1.165) is 36.4 Å². The monoisotopic (exact) mass is 276 g/mol. The van der Waals surface area contributed by atoms with Crippen LogP contribution in [0, 0.1) is 5.92 Å². The van der Waals surface area contributed by atoms with Crippen molar-refractivity contribution in [3.8, 4) is 5.75 Å². The summed E-state index contributed by atoms with van der Waals surface area (Å²) in [7, 11) is 1.71. The van der Waals surface area contributed by atoms with Crippen LogP contribution < -0.4 is 15.0 Å². The van der Waals surface area contributed by atoms with Gasteiger partial charge in [-0.2, -0.15) is 0 Å². The van der Waals surface area contributed by atoms with Crippen LogP contribution in [0.1, 0.15) is 39.0 Å². The molecule has 0 spiro atoms. The quantitative estimate of drug-likeness (QED) is 0.916. The van der Waals surface area contributed by atoms with Gasteiger partial charge in [0, 0.05) is 19.1 Å². The molecule has 0 amide bonds. The molecule has 110 valence electrons. The number of anilines is 2. The molecule has 1 aliphatic heterocycles. The van der Waals surface area contributed by atoms with Crippen molar-refractivity contribution in [2.45, 2.75) is 45.1 Å². The Morgan fingerprint density at radius 2 is 2.15 bits per heavy atom. The van der Waals surface area contributed by atoms with Gasteiger partial charge in [0.2, 0.25) is 5.75 Å². The lowest BCUT2D eigenvalue weighted by Crippen LogP contribution is -2.35. The fourth-order valence-corrected chi connectivity index (χ4v) is 3.72. The van der Waals surface area contributed by atoms with Gasteiger partial charge in [0.1, 0.15) is 6.33 Å². The van der Waals surface area contributed by atoms with Crippen LogP contribution in [0.4, 0.5) is 11.6 Å². The SMILES string of the molecule is CCNc1ncnc(N2CCC3CCCCC32)c1OC. The van der Waals surface area contributed by atoms with Gasteiger partial charge in [0.05, 0.1) is 7.11 Å². The molecule has 1 saturated heterocycles. The van der Waals surface area contributed by atoms with Crippen molar-refractivity contribution < 1.29 is 4.74 Å². The minimum absolute atomic E-state index is 0.641. The molecular formula is C15H24N4O. The lowest BCUT2D eigenvalue weighted by atomic mass is 9.85. The molecule has 2 atom stereocenters. The third-order valence-corrected chi connectivity index (χ3v) is 4.62. The Morgan fingerprint density at radius 3 is 2.95 bits per heavy atom. The van der Waals surface area contributed by atoms with Crippen molar-refractivity contribution in [1.82, 2.24) is 9.97 Å². The maximum atomic E-state index is 5.59. The molecular weight excluding hydrogens is 252 g/mol. The second-order valence-electron chi connectivity index (χ2n) is 5.70. The first-order valence-corrected chi connectivity index (χ1v) is 7.74. The summed E-state index contributed by atoms with van der Waals surface area (Å²) < 4.78 is 5.59. The van der Waals surface area contributed by atoms with E-state index in [1.807, 2.05) is 0 Å². The molecule has 20 heavy (non-hydrogen) atoms. The maximum Gasteiger partial charge on any atom is 0.204 e. The molecule has 5 nitrogen and oxygen atoms in total. The van der Waals surface area contributed by atoms with Gasteiger partial charge in [0.15, 0.2) is 11.6 Å². The first kappa shape index (κ1) is 13.5. The molecule has 1 aromatic heterocycles. The Hall–Kier alpha value is -1.52. The van der Waals surface area contributed by atoms with Crippen molar-refractivity contribution in [3.63, 3.8) is 0 Å². The minimum Gasteiger partial charge on any atom is -0.490 e. The van der Waals surface area contributed by atoms with Gasteiger partial charge < -0.3 is 15.0 Å². The molecule has 0 bridgehead atoms. The zero-order valence-corrected chi connectivity index (χ0v) is 12.4. The number of methoxy groups -OCH3 is 1. The summed E-state index contributed by atoms with van der Waals surface area (Å²) in [6.07, 6.45) is 8.31. The third kappa shape index (κ3) is 2.30. The molecule has 1 aromatic rings. The summed E-state index contributed by atoms with van der Waals surface area (Å²) in [4.78, 5) is 11.3. The number of ether oxygens (including phenoxy) is 1. The van der Waals surface area contributed by atoms with Crippen LogP contribution in [0.2, 0.25) is 0 Å². The molecule has 3 rings (SSSR count). The standard InChI is InChI=1S/C15H24N4O/c1-3-16-14-13(20-2)15(18-10-17-14)19-9-8-11-6-4-5-7-12(11)19/h10-12H,3-9H2,1-2H3,(H,16,17,18). The van der Waals surface area contributed by atoms with E-state index in [-0.39, 0.29) is 0 Å². The fourth-order valence-electron chi connectivity index (χ4n) is 3.72. The largest absolute Gasteiger partial charge is 0.490 e. The number of nitrogens with zero attached hydrogens (tertiary/aromatic N) is 3. The summed E-state index contributed by atoms with van der Waals surface area (Å²) in [5.41, 5.74) is 0. The van der Waals surface area contributed by atoms with Crippen LogP contribution in [0.25, 0.3) is 0 Å². The van der Waals surface area contributed by atoms with Gasteiger partial charge in [-0.3, -0.25) is 0 Å². The van der Waals surface area contributed by atoms with Crippen LogP contribution in [0.5, 0.6) is 5.75 Å². The Morgan fingerprint density at radius 1 is 1.30 bits per heavy atom. The average Bonchev–Trinajstić information content (AvgIpc) is 2.91. The number of aromatic nitrogens is 2. The van der Waals surface area contributed by atoms with E-state index in [1.54, 1.807) is 13.4 Å². The first-order chi connectivity index (χ1) is 9.85. The number of rotatable bonds is 4. The Balaban J connectivity index is 1.91. The van der Waals surface area contributed by atoms with Crippen molar-refractivity contribution in [3.05, 3.63) is 6.33 Å². The summed E-state index contributed by atoms with van der Waals surface area (Å²) >= 11 is 0. The zero-order chi connectivity index (χ0) is 13.9. The van der Waals surface area contributed by atoms with Crippen LogP contribution in [-0.2, 0) is 0 Å². The van der Waals surface area contributed by atoms with Crippen LogP contribution >= 0.6 is 0 Å². The van der Waals surface area contributed by atoms with Gasteiger partial charge in [0.25, 0.3) is 0 Å². The van der Waals surface area contributed by atoms with E-state index in [0.29, 0.717) is 6.04 Å². The Bertz CT molecular complexity index is 465. The van der Waals surface area contributed by atoms with Crippen molar-refractivity contribution in [2.75, 3.05) is 30.4 Å². The molecule has 1 saturated carbocycles. The van der Waals surface area contributed by atoms with Gasteiger partial charge in [-0.15, -0.1) is 0 Å². The summed E-state index contributed by atoms with van der Waals surface area (Å²) in [5, 5.41) is 3.26. The van der Waals surface area contributed by atoms with Crippen molar-refractivity contribution in [1.29, 1.82) is 0 Å². The second-order valence-corrected chi connectivity index (χ2v) is 5.70. The highest BCUT2D eigenvalue weighted by atomic mass is 16.5. The predicted molar refractivity (Wildman–Crippen MR) is 80.5 cm³/mol. The van der Waals surface area contributed by atoms with Gasteiger partial charge in [-0.05, 0) is 32.1 Å². The van der Waals surface area contributed by atoms with Gasteiger partial charge >= 0.3 is 0 Å². The van der Waals surface area contributed by atoms with Crippen LogP contribution in [0.15, 0.2) is 6.33 Å². The topological polar surface area (TPSA) is 50.3 Å². The van der Waals surface area contributed by atoms with Crippen LogP contribution in [0.3, 0.4) is 0 Å². The first-order valence-electron chi connectivity index (χ1n) is 7.74. The van der Waals surface area contributed by atoms with E-state index in [1.165, 1.54) is 32.1 Å². The van der Waals surface area contributed by atoms with E-state index in [2.05, 4.69) is 27.1 Å². The van der Waals surface area contributed by atoms with Gasteiger partial charge in [-0.25, -0.2) is 9.97 Å².